The summed E-state index contributed by atoms with van der Waals surface area (Å²) in [6.45, 7) is 2.06. The molecular formula is C15H19N5O3. The number of benzene rings is 1. The van der Waals surface area contributed by atoms with Crippen molar-refractivity contribution in [2.45, 2.75) is 19.4 Å². The molecule has 2 aromatic rings. The maximum absolute atomic E-state index is 11.9. The third kappa shape index (κ3) is 3.71. The molecule has 0 bridgehead atoms. The fourth-order valence-corrected chi connectivity index (χ4v) is 2.43. The Labute approximate surface area is 133 Å². The van der Waals surface area contributed by atoms with Crippen molar-refractivity contribution in [2.75, 3.05) is 30.4 Å². The van der Waals surface area contributed by atoms with E-state index in [0.717, 1.165) is 25.9 Å². The molecule has 1 saturated heterocycles. The molecule has 0 atom stereocenters. The Morgan fingerprint density at radius 3 is 2.91 bits per heavy atom. The number of nitrogens with zero attached hydrogens (tertiary/aromatic N) is 3. The van der Waals surface area contributed by atoms with Gasteiger partial charge in [0.05, 0.1) is 19.3 Å². The van der Waals surface area contributed by atoms with E-state index < -0.39 is 0 Å². The van der Waals surface area contributed by atoms with Gasteiger partial charge in [0.1, 0.15) is 5.75 Å². The van der Waals surface area contributed by atoms with Crippen LogP contribution in [0.5, 0.6) is 5.75 Å². The van der Waals surface area contributed by atoms with Crippen molar-refractivity contribution >= 4 is 17.7 Å². The highest BCUT2D eigenvalue weighted by Crippen LogP contribution is 2.22. The lowest BCUT2D eigenvalue weighted by Crippen LogP contribution is -2.28. The first kappa shape index (κ1) is 15.1. The topological polar surface area (TPSA) is 92.5 Å². The summed E-state index contributed by atoms with van der Waals surface area (Å²) in [5.74, 6) is 1.56. The SMILES string of the molecule is COc1ccccc1NC(=O)NCc1nc(N2CCCC2)no1. The van der Waals surface area contributed by atoms with Gasteiger partial charge in [-0.2, -0.15) is 4.98 Å². The monoisotopic (exact) mass is 317 g/mol. The summed E-state index contributed by atoms with van der Waals surface area (Å²) in [6, 6.07) is 6.82. The largest absolute Gasteiger partial charge is 0.495 e. The fraction of sp³-hybridized carbons (Fsp3) is 0.400. The van der Waals surface area contributed by atoms with E-state index in [2.05, 4.69) is 25.7 Å². The van der Waals surface area contributed by atoms with Gasteiger partial charge in [-0.3, -0.25) is 0 Å². The van der Waals surface area contributed by atoms with E-state index in [1.54, 1.807) is 19.2 Å². The van der Waals surface area contributed by atoms with Gasteiger partial charge in [-0.25, -0.2) is 4.79 Å². The van der Waals surface area contributed by atoms with Gasteiger partial charge >= 0.3 is 6.03 Å². The number of carbonyl (C=O) groups excluding carboxylic acids is 1. The van der Waals surface area contributed by atoms with Crippen molar-refractivity contribution in [3.63, 3.8) is 0 Å². The van der Waals surface area contributed by atoms with Crippen molar-refractivity contribution in [3.05, 3.63) is 30.2 Å². The van der Waals surface area contributed by atoms with Crippen LogP contribution in [0.2, 0.25) is 0 Å². The average Bonchev–Trinajstić information content (AvgIpc) is 3.24. The maximum Gasteiger partial charge on any atom is 0.319 e. The molecule has 8 heteroatoms. The molecule has 0 radical (unpaired) electrons. The van der Waals surface area contributed by atoms with Crippen molar-refractivity contribution in [2.24, 2.45) is 0 Å². The van der Waals surface area contributed by atoms with E-state index in [9.17, 15) is 4.79 Å². The molecule has 0 saturated carbocycles. The first-order valence-electron chi connectivity index (χ1n) is 7.51. The molecule has 1 aromatic carbocycles. The molecule has 1 aliphatic heterocycles. The number of ether oxygens (including phenoxy) is 1. The fourth-order valence-electron chi connectivity index (χ4n) is 2.43. The number of amides is 2. The molecule has 2 amide bonds. The zero-order chi connectivity index (χ0) is 16.1. The summed E-state index contributed by atoms with van der Waals surface area (Å²) in [6.07, 6.45) is 2.28. The van der Waals surface area contributed by atoms with E-state index in [0.29, 0.717) is 23.3 Å². The second kappa shape index (κ2) is 6.99. The smallest absolute Gasteiger partial charge is 0.319 e. The number of rotatable bonds is 5. The molecule has 1 fully saturated rings. The molecule has 3 rings (SSSR count). The van der Waals surface area contributed by atoms with Crippen LogP contribution in [0.4, 0.5) is 16.4 Å². The number of anilines is 2. The van der Waals surface area contributed by atoms with E-state index in [-0.39, 0.29) is 12.6 Å². The minimum atomic E-state index is -0.365. The van der Waals surface area contributed by atoms with Crippen LogP contribution in [-0.2, 0) is 6.54 Å². The first-order chi connectivity index (χ1) is 11.3. The Morgan fingerprint density at radius 1 is 1.35 bits per heavy atom. The summed E-state index contributed by atoms with van der Waals surface area (Å²) in [4.78, 5) is 18.3. The molecule has 1 aromatic heterocycles. The quantitative estimate of drug-likeness (QED) is 0.876. The van der Waals surface area contributed by atoms with E-state index >= 15 is 0 Å². The molecule has 23 heavy (non-hydrogen) atoms. The Morgan fingerprint density at radius 2 is 2.13 bits per heavy atom. The molecule has 1 aliphatic rings. The lowest BCUT2D eigenvalue weighted by molar-refractivity contribution is 0.249. The van der Waals surface area contributed by atoms with Gasteiger partial charge in [0.2, 0.25) is 5.89 Å². The van der Waals surface area contributed by atoms with Crippen LogP contribution in [0.3, 0.4) is 0 Å². The molecule has 2 heterocycles. The van der Waals surface area contributed by atoms with Gasteiger partial charge in [0, 0.05) is 13.1 Å². The van der Waals surface area contributed by atoms with Gasteiger partial charge in [-0.1, -0.05) is 12.1 Å². The van der Waals surface area contributed by atoms with Crippen LogP contribution < -0.4 is 20.3 Å². The molecule has 0 unspecified atom stereocenters. The van der Waals surface area contributed by atoms with E-state index in [1.165, 1.54) is 0 Å². The summed E-state index contributed by atoms with van der Waals surface area (Å²) in [5.41, 5.74) is 0.593. The van der Waals surface area contributed by atoms with Crippen LogP contribution in [0.25, 0.3) is 0 Å². The third-order valence-corrected chi connectivity index (χ3v) is 3.60. The number of urea groups is 1. The Hall–Kier alpha value is -2.77. The van der Waals surface area contributed by atoms with E-state index in [4.69, 9.17) is 9.26 Å². The van der Waals surface area contributed by atoms with Crippen LogP contribution >= 0.6 is 0 Å². The lowest BCUT2D eigenvalue weighted by atomic mass is 10.3. The number of methoxy groups -OCH3 is 1. The predicted octanol–water partition coefficient (Wildman–Crippen LogP) is 2.00. The van der Waals surface area contributed by atoms with Crippen molar-refractivity contribution in [3.8, 4) is 5.75 Å². The predicted molar refractivity (Wildman–Crippen MR) is 84.6 cm³/mol. The minimum absolute atomic E-state index is 0.168. The lowest BCUT2D eigenvalue weighted by Gasteiger charge is -2.10. The molecule has 8 nitrogen and oxygen atoms in total. The summed E-state index contributed by atoms with van der Waals surface area (Å²) in [5, 5.41) is 9.34. The van der Waals surface area contributed by atoms with Gasteiger partial charge in [-0.05, 0) is 30.1 Å². The zero-order valence-electron chi connectivity index (χ0n) is 12.9. The van der Waals surface area contributed by atoms with Crippen molar-refractivity contribution in [1.29, 1.82) is 0 Å². The molecule has 122 valence electrons. The Bertz CT molecular complexity index is 667. The van der Waals surface area contributed by atoms with Gasteiger partial charge in [0.25, 0.3) is 5.95 Å². The second-order valence-electron chi connectivity index (χ2n) is 5.19. The number of hydrogen-bond donors (Lipinski definition) is 2. The zero-order valence-corrected chi connectivity index (χ0v) is 12.9. The number of nitrogens with one attached hydrogen (secondary N) is 2. The van der Waals surface area contributed by atoms with Crippen LogP contribution in [0, 0.1) is 0 Å². The first-order valence-corrected chi connectivity index (χ1v) is 7.51. The van der Waals surface area contributed by atoms with Crippen molar-refractivity contribution in [1.82, 2.24) is 15.5 Å². The number of carbonyl (C=O) groups is 1. The Balaban J connectivity index is 1.52. The van der Waals surface area contributed by atoms with Crippen LogP contribution in [-0.4, -0.2) is 36.4 Å². The average molecular weight is 317 g/mol. The van der Waals surface area contributed by atoms with Gasteiger partial charge in [-0.15, -0.1) is 0 Å². The minimum Gasteiger partial charge on any atom is -0.495 e. The van der Waals surface area contributed by atoms with Gasteiger partial charge in [0.15, 0.2) is 0 Å². The highest BCUT2D eigenvalue weighted by atomic mass is 16.5. The number of para-hydroxylation sites is 2. The Kier molecular flexibility index (Phi) is 4.60. The second-order valence-corrected chi connectivity index (χ2v) is 5.19. The van der Waals surface area contributed by atoms with Gasteiger partial charge < -0.3 is 24.8 Å². The normalized spacial score (nSPS) is 13.9. The highest BCUT2D eigenvalue weighted by molar-refractivity contribution is 5.90. The summed E-state index contributed by atoms with van der Waals surface area (Å²) < 4.78 is 10.3. The maximum atomic E-state index is 11.9. The number of hydrogen-bond acceptors (Lipinski definition) is 6. The van der Waals surface area contributed by atoms with Crippen molar-refractivity contribution < 1.29 is 14.1 Å². The van der Waals surface area contributed by atoms with Crippen LogP contribution in [0.15, 0.2) is 28.8 Å². The van der Waals surface area contributed by atoms with E-state index in [1.807, 2.05) is 12.1 Å². The number of aromatic nitrogens is 2. The summed E-state index contributed by atoms with van der Waals surface area (Å²) >= 11 is 0. The summed E-state index contributed by atoms with van der Waals surface area (Å²) in [7, 11) is 1.55. The molecule has 0 aliphatic carbocycles. The third-order valence-electron chi connectivity index (χ3n) is 3.60. The molecular weight excluding hydrogens is 298 g/mol. The highest BCUT2D eigenvalue weighted by Gasteiger charge is 2.18. The van der Waals surface area contributed by atoms with Crippen LogP contribution in [0.1, 0.15) is 18.7 Å². The molecule has 2 N–H and O–H groups in total. The standard InChI is InChI=1S/C15H19N5O3/c1-22-12-7-3-2-6-11(12)17-15(21)16-10-13-18-14(19-23-13)20-8-4-5-9-20/h2-3,6-7H,4-5,8-10H2,1H3,(H2,16,17,21). The molecule has 0 spiro atoms.